The van der Waals surface area contributed by atoms with Gasteiger partial charge in [-0.3, -0.25) is 0 Å². The average Bonchev–Trinajstić information content (AvgIpc) is 2.89. The van der Waals surface area contributed by atoms with Crippen molar-refractivity contribution in [1.82, 2.24) is 4.98 Å². The van der Waals surface area contributed by atoms with Crippen LogP contribution in [0.3, 0.4) is 0 Å². The van der Waals surface area contributed by atoms with E-state index in [1.165, 1.54) is 17.3 Å². The Balaban J connectivity index is 1.59. The maximum Gasteiger partial charge on any atom is 0.242 e. The van der Waals surface area contributed by atoms with E-state index in [9.17, 15) is 5.21 Å². The van der Waals surface area contributed by atoms with Crippen LogP contribution >= 0.6 is 0 Å². The molecule has 4 nitrogen and oxygen atoms in total. The normalized spacial score (nSPS) is 14.3. The first-order valence-electron chi connectivity index (χ1n) is 7.11. The molecule has 0 spiro atoms. The van der Waals surface area contributed by atoms with E-state index in [2.05, 4.69) is 34.6 Å². The quantitative estimate of drug-likeness (QED) is 0.578. The number of anilines is 1. The second-order valence-electron chi connectivity index (χ2n) is 5.48. The van der Waals surface area contributed by atoms with Crippen LogP contribution in [0.1, 0.15) is 11.1 Å². The summed E-state index contributed by atoms with van der Waals surface area (Å²) in [6.07, 6.45) is 5.16. The lowest BCUT2D eigenvalue weighted by atomic mass is 10.1. The van der Waals surface area contributed by atoms with E-state index < -0.39 is 0 Å². The van der Waals surface area contributed by atoms with E-state index in [1.54, 1.807) is 12.3 Å². The van der Waals surface area contributed by atoms with Gasteiger partial charge in [0, 0.05) is 12.1 Å². The summed E-state index contributed by atoms with van der Waals surface area (Å²) >= 11 is 0. The van der Waals surface area contributed by atoms with Crippen LogP contribution in [-0.4, -0.2) is 11.0 Å². The Morgan fingerprint density at radius 2 is 1.86 bits per heavy atom. The van der Waals surface area contributed by atoms with Gasteiger partial charge in [0.05, 0.1) is 5.39 Å². The Hall–Kier alpha value is -2.62. The van der Waals surface area contributed by atoms with E-state index in [0.29, 0.717) is 11.6 Å². The van der Waals surface area contributed by atoms with Crippen LogP contribution in [-0.2, 0) is 12.8 Å². The van der Waals surface area contributed by atoms with Crippen molar-refractivity contribution >= 4 is 16.7 Å². The molecule has 0 saturated carbocycles. The third kappa shape index (κ3) is 2.18. The molecular formula is C17H15N3O. The summed E-state index contributed by atoms with van der Waals surface area (Å²) in [7, 11) is 0. The first-order valence-corrected chi connectivity index (χ1v) is 7.11. The van der Waals surface area contributed by atoms with Gasteiger partial charge in [-0.1, -0.05) is 24.3 Å². The molecule has 2 aromatic heterocycles. The molecule has 1 aliphatic rings. The summed E-state index contributed by atoms with van der Waals surface area (Å²) < 4.78 is 0.845. The Kier molecular flexibility index (Phi) is 2.74. The van der Waals surface area contributed by atoms with Gasteiger partial charge in [0.2, 0.25) is 5.52 Å². The molecular weight excluding hydrogens is 262 g/mol. The molecule has 0 radical (unpaired) electrons. The molecule has 4 rings (SSSR count). The highest BCUT2D eigenvalue weighted by Crippen LogP contribution is 2.24. The zero-order valence-electron chi connectivity index (χ0n) is 11.5. The zero-order valence-corrected chi connectivity index (χ0v) is 11.5. The van der Waals surface area contributed by atoms with Crippen LogP contribution in [0.15, 0.2) is 54.9 Å². The van der Waals surface area contributed by atoms with Crippen LogP contribution in [0, 0.1) is 5.21 Å². The summed E-state index contributed by atoms with van der Waals surface area (Å²) in [5, 5.41) is 16.0. The van der Waals surface area contributed by atoms with Crippen LogP contribution in [0.4, 0.5) is 5.82 Å². The molecule has 0 bridgehead atoms. The van der Waals surface area contributed by atoms with Gasteiger partial charge in [0.25, 0.3) is 0 Å². The molecule has 0 unspecified atom stereocenters. The smallest absolute Gasteiger partial charge is 0.242 e. The van der Waals surface area contributed by atoms with Gasteiger partial charge < -0.3 is 10.5 Å². The highest BCUT2D eigenvalue weighted by Gasteiger charge is 2.21. The van der Waals surface area contributed by atoms with Gasteiger partial charge in [0.15, 0.2) is 6.20 Å². The van der Waals surface area contributed by atoms with Crippen molar-refractivity contribution in [3.05, 3.63) is 71.2 Å². The molecule has 1 aliphatic carbocycles. The number of hydrogen-bond acceptors (Lipinski definition) is 3. The first kappa shape index (κ1) is 12.1. The molecule has 4 heteroatoms. The molecule has 0 fully saturated rings. The molecule has 2 heterocycles. The number of aromatic nitrogens is 2. The number of benzene rings is 1. The standard InChI is InChI=1S/C17H15N3O/c21-20-7-3-6-14-10-17(18-11-16(14)20)19-15-8-12-4-1-2-5-13(12)9-15/h1-7,10-11,15H,8-9H2,(H,18,19). The van der Waals surface area contributed by atoms with Crippen molar-refractivity contribution in [3.63, 3.8) is 0 Å². The Bertz CT molecular complexity index is 791. The van der Waals surface area contributed by atoms with Crippen molar-refractivity contribution in [2.45, 2.75) is 18.9 Å². The fraction of sp³-hybridized carbons (Fsp3) is 0.176. The summed E-state index contributed by atoms with van der Waals surface area (Å²) in [5.74, 6) is 0.825. The van der Waals surface area contributed by atoms with Crippen molar-refractivity contribution in [1.29, 1.82) is 0 Å². The largest absolute Gasteiger partial charge is 0.618 e. The van der Waals surface area contributed by atoms with E-state index in [1.807, 2.05) is 12.1 Å². The summed E-state index contributed by atoms with van der Waals surface area (Å²) in [4.78, 5) is 4.36. The molecule has 1 N–H and O–H groups in total. The SMILES string of the molecule is [O-][n+]1cccc2cc(NC3Cc4ccccc4C3)ncc21. The van der Waals surface area contributed by atoms with Crippen molar-refractivity contribution in [2.75, 3.05) is 5.32 Å². The number of nitrogens with one attached hydrogen (secondary N) is 1. The molecule has 0 saturated heterocycles. The second kappa shape index (κ2) is 4.74. The van der Waals surface area contributed by atoms with Gasteiger partial charge in [-0.15, -0.1) is 0 Å². The molecule has 21 heavy (non-hydrogen) atoms. The maximum atomic E-state index is 11.6. The van der Waals surface area contributed by atoms with Gasteiger partial charge in [0.1, 0.15) is 12.0 Å². The number of pyridine rings is 2. The van der Waals surface area contributed by atoms with Crippen LogP contribution in [0.25, 0.3) is 10.9 Å². The summed E-state index contributed by atoms with van der Waals surface area (Å²) in [6, 6.07) is 14.5. The monoisotopic (exact) mass is 277 g/mol. The lowest BCUT2D eigenvalue weighted by Crippen LogP contribution is -2.26. The lowest BCUT2D eigenvalue weighted by molar-refractivity contribution is -0.577. The fourth-order valence-corrected chi connectivity index (χ4v) is 3.04. The Morgan fingerprint density at radius 1 is 1.10 bits per heavy atom. The van der Waals surface area contributed by atoms with Gasteiger partial charge >= 0.3 is 0 Å². The van der Waals surface area contributed by atoms with Gasteiger partial charge in [-0.2, -0.15) is 4.73 Å². The van der Waals surface area contributed by atoms with Crippen LogP contribution < -0.4 is 10.0 Å². The average molecular weight is 277 g/mol. The first-order chi connectivity index (χ1) is 10.3. The molecule has 0 amide bonds. The highest BCUT2D eigenvalue weighted by molar-refractivity contribution is 5.77. The number of rotatable bonds is 2. The third-order valence-electron chi connectivity index (χ3n) is 4.05. The summed E-state index contributed by atoms with van der Waals surface area (Å²) in [6.45, 7) is 0. The topological polar surface area (TPSA) is 51.9 Å². The highest BCUT2D eigenvalue weighted by atomic mass is 16.5. The fourth-order valence-electron chi connectivity index (χ4n) is 3.04. The third-order valence-corrected chi connectivity index (χ3v) is 4.05. The van der Waals surface area contributed by atoms with Crippen LogP contribution in [0.5, 0.6) is 0 Å². The number of fused-ring (bicyclic) bond motifs is 2. The minimum Gasteiger partial charge on any atom is -0.618 e. The number of nitrogens with zero attached hydrogens (tertiary/aromatic N) is 2. The Labute approximate surface area is 122 Å². The predicted molar refractivity (Wildman–Crippen MR) is 82.0 cm³/mol. The van der Waals surface area contributed by atoms with Gasteiger partial charge in [-0.25, -0.2) is 4.98 Å². The second-order valence-corrected chi connectivity index (χ2v) is 5.48. The van der Waals surface area contributed by atoms with E-state index in [4.69, 9.17) is 0 Å². The minimum absolute atomic E-state index is 0.371. The molecule has 104 valence electrons. The van der Waals surface area contributed by atoms with Crippen molar-refractivity contribution in [3.8, 4) is 0 Å². The molecule has 1 aromatic carbocycles. The Morgan fingerprint density at radius 3 is 2.62 bits per heavy atom. The predicted octanol–water partition coefficient (Wildman–Crippen LogP) is 2.45. The van der Waals surface area contributed by atoms with Crippen molar-refractivity contribution < 1.29 is 4.73 Å². The van der Waals surface area contributed by atoms with Gasteiger partial charge in [-0.05, 0) is 36.1 Å². The lowest BCUT2D eigenvalue weighted by Gasteiger charge is -2.13. The maximum absolute atomic E-state index is 11.6. The van der Waals surface area contributed by atoms with E-state index in [0.717, 1.165) is 28.8 Å². The summed E-state index contributed by atoms with van der Waals surface area (Å²) in [5.41, 5.74) is 3.42. The number of hydrogen-bond donors (Lipinski definition) is 1. The minimum atomic E-state index is 0.371. The van der Waals surface area contributed by atoms with Crippen molar-refractivity contribution in [2.24, 2.45) is 0 Å². The van der Waals surface area contributed by atoms with E-state index in [-0.39, 0.29) is 0 Å². The molecule has 0 atom stereocenters. The van der Waals surface area contributed by atoms with Crippen LogP contribution in [0.2, 0.25) is 0 Å². The zero-order chi connectivity index (χ0) is 14.2. The molecule has 3 aromatic rings. The molecule has 0 aliphatic heterocycles. The van der Waals surface area contributed by atoms with E-state index >= 15 is 0 Å².